The summed E-state index contributed by atoms with van der Waals surface area (Å²) in [7, 11) is 1.85. The molecule has 1 aromatic carbocycles. The van der Waals surface area contributed by atoms with Crippen molar-refractivity contribution in [3.63, 3.8) is 0 Å². The van der Waals surface area contributed by atoms with Crippen molar-refractivity contribution in [3.8, 4) is 0 Å². The van der Waals surface area contributed by atoms with Crippen LogP contribution < -0.4 is 5.32 Å². The molecule has 0 radical (unpaired) electrons. The average molecular weight is 370 g/mol. The van der Waals surface area contributed by atoms with Gasteiger partial charge in [-0.2, -0.15) is 0 Å². The first kappa shape index (κ1) is 21.4. The second kappa shape index (κ2) is 10.4. The van der Waals surface area contributed by atoms with E-state index in [2.05, 4.69) is 10.2 Å². The number of rotatable bonds is 7. The summed E-state index contributed by atoms with van der Waals surface area (Å²) in [6.07, 6.45) is 1.80. The Kier molecular flexibility index (Phi) is 8.89. The highest BCUT2D eigenvalue weighted by molar-refractivity contribution is 5.85. The molecule has 0 aromatic heterocycles. The Bertz CT molecular complexity index is 557. The zero-order valence-electron chi connectivity index (χ0n) is 14.9. The van der Waals surface area contributed by atoms with Gasteiger partial charge in [0, 0.05) is 25.7 Å². The molecule has 1 heterocycles. The van der Waals surface area contributed by atoms with Crippen LogP contribution in [-0.4, -0.2) is 66.1 Å². The number of nitrogens with one attached hydrogen (secondary N) is 1. The second-order valence-corrected chi connectivity index (χ2v) is 6.58. The number of carbonyl (C=O) groups excluding carboxylic acids is 1. The smallest absolute Gasteiger partial charge is 0.317 e. The Labute approximate surface area is 155 Å². The first-order chi connectivity index (χ1) is 11.4. The molecule has 1 aliphatic heterocycles. The predicted molar refractivity (Wildman–Crippen MR) is 100 cm³/mol. The fourth-order valence-electron chi connectivity index (χ4n) is 3.03. The van der Waals surface area contributed by atoms with Gasteiger partial charge in [-0.25, -0.2) is 0 Å². The highest BCUT2D eigenvalue weighted by Gasteiger charge is 2.24. The minimum atomic E-state index is -0.796. The lowest BCUT2D eigenvalue weighted by Gasteiger charge is -2.35. The minimum Gasteiger partial charge on any atom is -0.480 e. The summed E-state index contributed by atoms with van der Waals surface area (Å²) in [5, 5.41) is 11.8. The molecule has 2 rings (SSSR count). The second-order valence-electron chi connectivity index (χ2n) is 6.58. The van der Waals surface area contributed by atoms with Crippen LogP contribution in [0.15, 0.2) is 24.3 Å². The Hall–Kier alpha value is -1.63. The molecule has 1 amide bonds. The molecular weight excluding hydrogens is 342 g/mol. The van der Waals surface area contributed by atoms with Crippen LogP contribution >= 0.6 is 12.4 Å². The van der Waals surface area contributed by atoms with E-state index in [9.17, 15) is 9.59 Å². The molecule has 140 valence electrons. The van der Waals surface area contributed by atoms with Crippen LogP contribution in [-0.2, 0) is 16.1 Å². The zero-order chi connectivity index (χ0) is 17.5. The summed E-state index contributed by atoms with van der Waals surface area (Å²) >= 11 is 0. The van der Waals surface area contributed by atoms with Crippen molar-refractivity contribution in [3.05, 3.63) is 35.4 Å². The Morgan fingerprint density at radius 3 is 2.40 bits per heavy atom. The van der Waals surface area contributed by atoms with E-state index in [-0.39, 0.29) is 30.9 Å². The standard InChI is InChI=1S/C18H27N3O3.ClH/c1-14-3-5-15(6-4-14)11-19-17(22)12-21-9-7-16(8-10-21)20(2)13-18(23)24;/h3-6,16H,7-13H2,1-2H3,(H,19,22)(H,23,24);1H. The van der Waals surface area contributed by atoms with Gasteiger partial charge in [-0.15, -0.1) is 12.4 Å². The number of likely N-dealkylation sites (tertiary alicyclic amines) is 1. The van der Waals surface area contributed by atoms with Gasteiger partial charge in [0.15, 0.2) is 0 Å². The SMILES string of the molecule is Cc1ccc(CNC(=O)CN2CCC(N(C)CC(=O)O)CC2)cc1.Cl. The lowest BCUT2D eigenvalue weighted by atomic mass is 10.0. The molecule has 0 aliphatic carbocycles. The molecule has 0 spiro atoms. The van der Waals surface area contributed by atoms with Gasteiger partial charge in [-0.3, -0.25) is 19.4 Å². The molecule has 6 nitrogen and oxygen atoms in total. The lowest BCUT2D eigenvalue weighted by Crippen LogP contribution is -2.47. The number of carboxylic acids is 1. The maximum Gasteiger partial charge on any atom is 0.317 e. The minimum absolute atomic E-state index is 0. The van der Waals surface area contributed by atoms with Crippen LogP contribution in [0.1, 0.15) is 24.0 Å². The summed E-state index contributed by atoms with van der Waals surface area (Å²) in [6.45, 7) is 4.72. The topological polar surface area (TPSA) is 72.9 Å². The quantitative estimate of drug-likeness (QED) is 0.762. The molecule has 0 unspecified atom stereocenters. The fraction of sp³-hybridized carbons (Fsp3) is 0.556. The van der Waals surface area contributed by atoms with Crippen LogP contribution in [0.2, 0.25) is 0 Å². The van der Waals surface area contributed by atoms with Gasteiger partial charge in [0.25, 0.3) is 0 Å². The van der Waals surface area contributed by atoms with Gasteiger partial charge in [0.2, 0.25) is 5.91 Å². The summed E-state index contributed by atoms with van der Waals surface area (Å²) in [6, 6.07) is 8.42. The third kappa shape index (κ3) is 7.42. The molecular formula is C18H28ClN3O3. The number of likely N-dealkylation sites (N-methyl/N-ethyl adjacent to an activating group) is 1. The molecule has 1 saturated heterocycles. The van der Waals surface area contributed by atoms with Crippen molar-refractivity contribution in [2.45, 2.75) is 32.4 Å². The summed E-state index contributed by atoms with van der Waals surface area (Å²) < 4.78 is 0. The van der Waals surface area contributed by atoms with Crippen molar-refractivity contribution in [1.29, 1.82) is 0 Å². The van der Waals surface area contributed by atoms with Crippen molar-refractivity contribution in [1.82, 2.24) is 15.1 Å². The lowest BCUT2D eigenvalue weighted by molar-refractivity contribution is -0.138. The largest absolute Gasteiger partial charge is 0.480 e. The summed E-state index contributed by atoms with van der Waals surface area (Å²) in [5.74, 6) is -0.761. The number of carbonyl (C=O) groups is 2. The maximum absolute atomic E-state index is 12.1. The van der Waals surface area contributed by atoms with E-state index in [1.807, 2.05) is 43.1 Å². The van der Waals surface area contributed by atoms with Gasteiger partial charge in [0.1, 0.15) is 0 Å². The Balaban J connectivity index is 0.00000312. The van der Waals surface area contributed by atoms with Gasteiger partial charge >= 0.3 is 5.97 Å². The normalized spacial score (nSPS) is 15.6. The van der Waals surface area contributed by atoms with E-state index in [1.165, 1.54) is 5.56 Å². The number of amides is 1. The number of nitrogens with zero attached hydrogens (tertiary/aromatic N) is 2. The molecule has 25 heavy (non-hydrogen) atoms. The van der Waals surface area contributed by atoms with E-state index in [0.29, 0.717) is 13.1 Å². The monoisotopic (exact) mass is 369 g/mol. The highest BCUT2D eigenvalue weighted by Crippen LogP contribution is 2.14. The first-order valence-corrected chi connectivity index (χ1v) is 8.40. The molecule has 2 N–H and O–H groups in total. The molecule has 0 atom stereocenters. The van der Waals surface area contributed by atoms with E-state index < -0.39 is 5.97 Å². The van der Waals surface area contributed by atoms with Gasteiger partial charge in [-0.1, -0.05) is 29.8 Å². The molecule has 1 fully saturated rings. The fourth-order valence-corrected chi connectivity index (χ4v) is 3.03. The number of hydrogen-bond acceptors (Lipinski definition) is 4. The number of carboxylic acid groups (broad SMARTS) is 1. The maximum atomic E-state index is 12.1. The van der Waals surface area contributed by atoms with Crippen LogP contribution in [0, 0.1) is 6.92 Å². The first-order valence-electron chi connectivity index (χ1n) is 8.40. The van der Waals surface area contributed by atoms with E-state index in [4.69, 9.17) is 5.11 Å². The van der Waals surface area contributed by atoms with Gasteiger partial charge < -0.3 is 10.4 Å². The predicted octanol–water partition coefficient (Wildman–Crippen LogP) is 1.51. The molecule has 0 saturated carbocycles. The van der Waals surface area contributed by atoms with Crippen LogP contribution in [0.3, 0.4) is 0 Å². The third-order valence-electron chi connectivity index (χ3n) is 4.54. The zero-order valence-corrected chi connectivity index (χ0v) is 15.7. The van der Waals surface area contributed by atoms with Gasteiger partial charge in [0.05, 0.1) is 13.1 Å². The third-order valence-corrected chi connectivity index (χ3v) is 4.54. The van der Waals surface area contributed by atoms with Gasteiger partial charge in [-0.05, 0) is 32.4 Å². The average Bonchev–Trinajstić information content (AvgIpc) is 2.54. The number of benzene rings is 1. The van der Waals surface area contributed by atoms with Crippen molar-refractivity contribution in [2.75, 3.05) is 33.2 Å². The van der Waals surface area contributed by atoms with Crippen LogP contribution in [0.5, 0.6) is 0 Å². The number of aryl methyl sites for hydroxylation is 1. The van der Waals surface area contributed by atoms with Crippen LogP contribution in [0.25, 0.3) is 0 Å². The van der Waals surface area contributed by atoms with E-state index >= 15 is 0 Å². The molecule has 7 heteroatoms. The Morgan fingerprint density at radius 2 is 1.84 bits per heavy atom. The number of piperidine rings is 1. The molecule has 1 aliphatic rings. The van der Waals surface area contributed by atoms with Crippen LogP contribution in [0.4, 0.5) is 0 Å². The molecule has 1 aromatic rings. The highest BCUT2D eigenvalue weighted by atomic mass is 35.5. The van der Waals surface area contributed by atoms with E-state index in [1.54, 1.807) is 0 Å². The van der Waals surface area contributed by atoms with Crippen molar-refractivity contribution in [2.24, 2.45) is 0 Å². The van der Waals surface area contributed by atoms with Crippen molar-refractivity contribution < 1.29 is 14.7 Å². The summed E-state index contributed by atoms with van der Waals surface area (Å²) in [4.78, 5) is 26.9. The number of hydrogen-bond donors (Lipinski definition) is 2. The van der Waals surface area contributed by atoms with E-state index in [0.717, 1.165) is 31.5 Å². The molecule has 0 bridgehead atoms. The summed E-state index contributed by atoms with van der Waals surface area (Å²) in [5.41, 5.74) is 2.31. The Morgan fingerprint density at radius 1 is 1.24 bits per heavy atom. The van der Waals surface area contributed by atoms with Crippen molar-refractivity contribution >= 4 is 24.3 Å². The number of halogens is 1. The number of aliphatic carboxylic acids is 1.